The molecule has 0 saturated carbocycles. The fourth-order valence-electron chi connectivity index (χ4n) is 2.25. The number of aromatic hydroxyl groups is 1. The van der Waals surface area contributed by atoms with Crippen molar-refractivity contribution in [3.05, 3.63) is 63.8 Å². The highest BCUT2D eigenvalue weighted by atomic mass is 32.1. The van der Waals surface area contributed by atoms with E-state index >= 15 is 0 Å². The Balaban J connectivity index is 1.84. The Morgan fingerprint density at radius 2 is 1.90 bits per heavy atom. The van der Waals surface area contributed by atoms with Gasteiger partial charge in [0.05, 0.1) is 12.1 Å². The Bertz CT molecular complexity index is 807. The van der Waals surface area contributed by atoms with Gasteiger partial charge in [-0.05, 0) is 46.8 Å². The summed E-state index contributed by atoms with van der Waals surface area (Å²) in [4.78, 5) is 13.4. The van der Waals surface area contributed by atoms with Crippen LogP contribution in [-0.2, 0) is 6.54 Å². The number of hydrogen-bond donors (Lipinski definition) is 2. The first-order valence-electron chi connectivity index (χ1n) is 6.68. The molecule has 2 aromatic carbocycles. The Kier molecular flexibility index (Phi) is 3.62. The summed E-state index contributed by atoms with van der Waals surface area (Å²) < 4.78 is 0. The van der Waals surface area contributed by atoms with Crippen molar-refractivity contribution in [1.82, 2.24) is 5.32 Å². The van der Waals surface area contributed by atoms with E-state index in [9.17, 15) is 9.90 Å². The van der Waals surface area contributed by atoms with Crippen molar-refractivity contribution in [2.24, 2.45) is 0 Å². The van der Waals surface area contributed by atoms with E-state index in [0.29, 0.717) is 12.1 Å². The summed E-state index contributed by atoms with van der Waals surface area (Å²) in [5, 5.41) is 16.8. The molecular weight excluding hydrogens is 282 g/mol. The fraction of sp³-hybridized carbons (Fsp3) is 0.118. The molecule has 0 saturated heterocycles. The number of phenolic OH excluding ortho intramolecular Hbond substituents is 1. The zero-order valence-electron chi connectivity index (χ0n) is 11.6. The van der Waals surface area contributed by atoms with Crippen LogP contribution in [0.5, 0.6) is 5.75 Å². The molecule has 21 heavy (non-hydrogen) atoms. The zero-order chi connectivity index (χ0) is 14.8. The van der Waals surface area contributed by atoms with Crippen LogP contribution < -0.4 is 5.32 Å². The van der Waals surface area contributed by atoms with Crippen molar-refractivity contribution < 1.29 is 9.90 Å². The first kappa shape index (κ1) is 13.6. The van der Waals surface area contributed by atoms with Gasteiger partial charge in [-0.2, -0.15) is 0 Å². The second-order valence-electron chi connectivity index (χ2n) is 4.93. The van der Waals surface area contributed by atoms with Crippen molar-refractivity contribution in [3.8, 4) is 5.75 Å². The summed E-state index contributed by atoms with van der Waals surface area (Å²) in [5.74, 6) is -0.250. The number of benzene rings is 2. The predicted molar refractivity (Wildman–Crippen MR) is 85.8 cm³/mol. The smallest absolute Gasteiger partial charge is 0.255 e. The molecule has 1 heterocycles. The SMILES string of the molecule is Cc1ccsc1CNC(=O)c1cc2ccccc2cc1O. The molecule has 0 spiro atoms. The molecule has 0 aliphatic carbocycles. The van der Waals surface area contributed by atoms with Crippen LogP contribution in [0.15, 0.2) is 47.8 Å². The van der Waals surface area contributed by atoms with Crippen LogP contribution in [0.3, 0.4) is 0 Å². The highest BCUT2D eigenvalue weighted by Crippen LogP contribution is 2.25. The summed E-state index contributed by atoms with van der Waals surface area (Å²) in [7, 11) is 0. The number of aryl methyl sites for hydroxylation is 1. The number of carbonyl (C=O) groups is 1. The molecule has 1 amide bonds. The molecule has 3 rings (SSSR count). The largest absolute Gasteiger partial charge is 0.507 e. The van der Waals surface area contributed by atoms with E-state index in [4.69, 9.17) is 0 Å². The highest BCUT2D eigenvalue weighted by Gasteiger charge is 2.12. The highest BCUT2D eigenvalue weighted by molar-refractivity contribution is 7.10. The fourth-order valence-corrected chi connectivity index (χ4v) is 3.10. The molecule has 1 aromatic heterocycles. The van der Waals surface area contributed by atoms with Crippen molar-refractivity contribution >= 4 is 28.0 Å². The second kappa shape index (κ2) is 5.58. The molecular formula is C17H15NO2S. The third-order valence-corrected chi connectivity index (χ3v) is 4.51. The van der Waals surface area contributed by atoms with Gasteiger partial charge in [-0.1, -0.05) is 24.3 Å². The minimum Gasteiger partial charge on any atom is -0.507 e. The lowest BCUT2D eigenvalue weighted by Gasteiger charge is -2.08. The van der Waals surface area contributed by atoms with E-state index in [0.717, 1.165) is 15.6 Å². The number of carbonyl (C=O) groups excluding carboxylic acids is 1. The Labute approximate surface area is 126 Å². The van der Waals surface area contributed by atoms with E-state index in [-0.39, 0.29) is 11.7 Å². The molecule has 0 bridgehead atoms. The van der Waals surface area contributed by atoms with Crippen molar-refractivity contribution in [2.75, 3.05) is 0 Å². The number of phenols is 1. The number of hydrogen-bond acceptors (Lipinski definition) is 3. The van der Waals surface area contributed by atoms with Gasteiger partial charge in [-0.15, -0.1) is 11.3 Å². The van der Waals surface area contributed by atoms with E-state index in [1.165, 1.54) is 5.56 Å². The second-order valence-corrected chi connectivity index (χ2v) is 5.93. The quantitative estimate of drug-likeness (QED) is 0.771. The monoisotopic (exact) mass is 297 g/mol. The molecule has 3 nitrogen and oxygen atoms in total. The van der Waals surface area contributed by atoms with Crippen molar-refractivity contribution in [2.45, 2.75) is 13.5 Å². The van der Waals surface area contributed by atoms with Crippen LogP contribution in [-0.4, -0.2) is 11.0 Å². The number of nitrogens with one attached hydrogen (secondary N) is 1. The Morgan fingerprint density at radius 3 is 2.57 bits per heavy atom. The lowest BCUT2D eigenvalue weighted by molar-refractivity contribution is 0.0949. The van der Waals surface area contributed by atoms with Crippen molar-refractivity contribution in [1.29, 1.82) is 0 Å². The maximum Gasteiger partial charge on any atom is 0.255 e. The van der Waals surface area contributed by atoms with Gasteiger partial charge in [0.2, 0.25) is 0 Å². The lowest BCUT2D eigenvalue weighted by Crippen LogP contribution is -2.22. The van der Waals surface area contributed by atoms with Crippen LogP contribution in [0.1, 0.15) is 20.8 Å². The summed E-state index contributed by atoms with van der Waals surface area (Å²) in [6.07, 6.45) is 0. The van der Waals surface area contributed by atoms with Gasteiger partial charge < -0.3 is 10.4 Å². The summed E-state index contributed by atoms with van der Waals surface area (Å²) in [6.45, 7) is 2.50. The summed E-state index contributed by atoms with van der Waals surface area (Å²) in [6, 6.07) is 13.0. The number of thiophene rings is 1. The maximum atomic E-state index is 12.2. The van der Waals surface area contributed by atoms with Gasteiger partial charge in [-0.25, -0.2) is 0 Å². The van der Waals surface area contributed by atoms with E-state index in [1.807, 2.05) is 42.6 Å². The normalized spacial score (nSPS) is 10.7. The number of fused-ring (bicyclic) bond motifs is 1. The van der Waals surface area contributed by atoms with Crippen molar-refractivity contribution in [3.63, 3.8) is 0 Å². The first-order valence-corrected chi connectivity index (χ1v) is 7.56. The maximum absolute atomic E-state index is 12.2. The predicted octanol–water partition coefficient (Wildman–Crippen LogP) is 3.85. The molecule has 0 radical (unpaired) electrons. The number of amides is 1. The van der Waals surface area contributed by atoms with Gasteiger partial charge in [0.15, 0.2) is 0 Å². The molecule has 2 N–H and O–H groups in total. The van der Waals surface area contributed by atoms with E-state index < -0.39 is 0 Å². The average molecular weight is 297 g/mol. The molecule has 0 aliphatic heterocycles. The molecule has 4 heteroatoms. The van der Waals surface area contributed by atoms with Crippen LogP contribution in [0.25, 0.3) is 10.8 Å². The Hall–Kier alpha value is -2.33. The van der Waals surface area contributed by atoms with Crippen LogP contribution in [0.2, 0.25) is 0 Å². The summed E-state index contributed by atoms with van der Waals surface area (Å²) in [5.41, 5.74) is 1.48. The third kappa shape index (κ3) is 2.76. The molecule has 0 fully saturated rings. The van der Waals surface area contributed by atoms with Gasteiger partial charge in [0.1, 0.15) is 5.75 Å². The topological polar surface area (TPSA) is 49.3 Å². The minimum atomic E-state index is -0.258. The molecule has 106 valence electrons. The standard InChI is InChI=1S/C17H15NO2S/c1-11-6-7-21-16(11)10-18-17(20)14-8-12-4-2-3-5-13(12)9-15(14)19/h2-9,19H,10H2,1H3,(H,18,20). The minimum absolute atomic E-state index is 0.00843. The molecule has 0 unspecified atom stereocenters. The zero-order valence-corrected chi connectivity index (χ0v) is 12.4. The Morgan fingerprint density at radius 1 is 1.19 bits per heavy atom. The third-order valence-electron chi connectivity index (χ3n) is 3.49. The lowest BCUT2D eigenvalue weighted by atomic mass is 10.1. The molecule has 0 atom stereocenters. The molecule has 0 aliphatic rings. The van der Waals surface area contributed by atoms with Crippen LogP contribution in [0.4, 0.5) is 0 Å². The van der Waals surface area contributed by atoms with Gasteiger partial charge in [0, 0.05) is 4.88 Å². The van der Waals surface area contributed by atoms with Gasteiger partial charge in [-0.3, -0.25) is 4.79 Å². The van der Waals surface area contributed by atoms with E-state index in [1.54, 1.807) is 23.5 Å². The average Bonchev–Trinajstić information content (AvgIpc) is 2.89. The first-order chi connectivity index (χ1) is 10.1. The van der Waals surface area contributed by atoms with Crippen LogP contribution >= 0.6 is 11.3 Å². The van der Waals surface area contributed by atoms with Crippen LogP contribution in [0, 0.1) is 6.92 Å². The van der Waals surface area contributed by atoms with Gasteiger partial charge >= 0.3 is 0 Å². The van der Waals surface area contributed by atoms with E-state index in [2.05, 4.69) is 5.32 Å². The summed E-state index contributed by atoms with van der Waals surface area (Å²) >= 11 is 1.62. The number of rotatable bonds is 3. The molecule has 3 aromatic rings. The van der Waals surface area contributed by atoms with Gasteiger partial charge in [0.25, 0.3) is 5.91 Å².